The van der Waals surface area contributed by atoms with Gasteiger partial charge in [0, 0.05) is 60.9 Å². The molecule has 2 aromatic rings. The molecule has 2 N–H and O–H groups in total. The van der Waals surface area contributed by atoms with Gasteiger partial charge < -0.3 is 24.8 Å². The fourth-order valence-electron chi connectivity index (χ4n) is 12.2. The number of carbonyl (C=O) groups is 3. The average molecular weight is 780 g/mol. The van der Waals surface area contributed by atoms with Crippen molar-refractivity contribution < 1.29 is 28.6 Å². The van der Waals surface area contributed by atoms with E-state index in [1.165, 1.54) is 33.1 Å². The second-order valence-electron chi connectivity index (χ2n) is 18.0. The molecule has 0 aliphatic heterocycles. The Morgan fingerprint density at radius 1 is 0.855 bits per heavy atom. The highest BCUT2D eigenvalue weighted by atomic mass is 35.5. The first-order chi connectivity index (χ1) is 26.3. The molecule has 0 radical (unpaired) electrons. The number of halogens is 1. The molecule has 4 aliphatic rings. The summed E-state index contributed by atoms with van der Waals surface area (Å²) in [4.78, 5) is 41.6. The zero-order chi connectivity index (χ0) is 39.3. The molecule has 1 heterocycles. The van der Waals surface area contributed by atoms with E-state index in [0.717, 1.165) is 100 Å². The molecule has 4 saturated carbocycles. The second-order valence-corrected chi connectivity index (χ2v) is 18.4. The number of ether oxygens (including phenoxy) is 3. The number of pyridine rings is 1. The summed E-state index contributed by atoms with van der Waals surface area (Å²) in [6.45, 7) is 14.8. The molecule has 0 unspecified atom stereocenters. The molecular formula is C45H66ClN3O6. The molecule has 6 rings (SSSR count). The van der Waals surface area contributed by atoms with Crippen molar-refractivity contribution in [1.82, 2.24) is 10.3 Å². The summed E-state index contributed by atoms with van der Waals surface area (Å²) < 4.78 is 18.3. The number of carbonyl (C=O) groups excluding carboxylic acids is 3. The van der Waals surface area contributed by atoms with E-state index in [1.807, 2.05) is 30.5 Å². The van der Waals surface area contributed by atoms with Crippen LogP contribution in [-0.4, -0.2) is 60.8 Å². The first-order valence-corrected chi connectivity index (χ1v) is 21.7. The van der Waals surface area contributed by atoms with E-state index in [9.17, 15) is 14.4 Å². The third-order valence-electron chi connectivity index (χ3n) is 14.7. The van der Waals surface area contributed by atoms with Crippen molar-refractivity contribution in [3.05, 3.63) is 35.5 Å². The third-order valence-corrected chi connectivity index (χ3v) is 14.9. The summed E-state index contributed by atoms with van der Waals surface area (Å²) >= 11 is 6.14. The third kappa shape index (κ3) is 9.29. The van der Waals surface area contributed by atoms with Gasteiger partial charge in [-0.1, -0.05) is 45.2 Å². The molecule has 1 aromatic carbocycles. The number of esters is 3. The van der Waals surface area contributed by atoms with Gasteiger partial charge in [0.05, 0.1) is 5.52 Å². The van der Waals surface area contributed by atoms with E-state index in [-0.39, 0.29) is 64.8 Å². The Hall–Kier alpha value is -2.91. The van der Waals surface area contributed by atoms with Gasteiger partial charge in [-0.05, 0) is 143 Å². The topological polar surface area (TPSA) is 116 Å². The molecule has 0 bridgehead atoms. The van der Waals surface area contributed by atoms with Crippen LogP contribution in [0.3, 0.4) is 0 Å². The summed E-state index contributed by atoms with van der Waals surface area (Å²) in [6, 6.07) is 7.88. The smallest absolute Gasteiger partial charge is 0.302 e. The minimum absolute atomic E-state index is 0.00892. The monoisotopic (exact) mass is 779 g/mol. The van der Waals surface area contributed by atoms with Crippen LogP contribution < -0.4 is 10.6 Å². The molecule has 304 valence electrons. The van der Waals surface area contributed by atoms with Gasteiger partial charge in [-0.2, -0.15) is 0 Å². The number of unbranched alkanes of at least 4 members (excludes halogenated alkanes) is 3. The van der Waals surface area contributed by atoms with Crippen LogP contribution in [-0.2, 0) is 28.6 Å². The van der Waals surface area contributed by atoms with Crippen LogP contribution in [0.2, 0.25) is 5.02 Å². The highest BCUT2D eigenvalue weighted by Gasteiger charge is 2.67. The van der Waals surface area contributed by atoms with Crippen molar-refractivity contribution in [1.29, 1.82) is 0 Å². The van der Waals surface area contributed by atoms with E-state index in [2.05, 4.69) is 36.4 Å². The summed E-state index contributed by atoms with van der Waals surface area (Å²) in [5.41, 5.74) is 1.86. The van der Waals surface area contributed by atoms with E-state index >= 15 is 0 Å². The lowest BCUT2D eigenvalue weighted by Gasteiger charge is -2.64. The summed E-state index contributed by atoms with van der Waals surface area (Å²) in [5.74, 6) is 1.35. The van der Waals surface area contributed by atoms with Crippen molar-refractivity contribution in [2.24, 2.45) is 46.3 Å². The Kier molecular flexibility index (Phi) is 13.7. The maximum Gasteiger partial charge on any atom is 0.302 e. The van der Waals surface area contributed by atoms with Crippen LogP contribution in [0.1, 0.15) is 125 Å². The van der Waals surface area contributed by atoms with Gasteiger partial charge in [0.15, 0.2) is 0 Å². The lowest BCUT2D eigenvalue weighted by molar-refractivity contribution is -0.224. The predicted octanol–water partition coefficient (Wildman–Crippen LogP) is 9.54. The first kappa shape index (κ1) is 41.7. The number of benzene rings is 1. The van der Waals surface area contributed by atoms with Crippen molar-refractivity contribution in [3.63, 3.8) is 0 Å². The molecule has 9 nitrogen and oxygen atoms in total. The van der Waals surface area contributed by atoms with Crippen LogP contribution in [0.15, 0.2) is 30.5 Å². The van der Waals surface area contributed by atoms with Crippen molar-refractivity contribution >= 4 is 46.1 Å². The van der Waals surface area contributed by atoms with E-state index < -0.39 is 0 Å². The lowest BCUT2D eigenvalue weighted by Crippen LogP contribution is -2.63. The normalized spacial score (nSPS) is 33.1. The number of nitrogens with one attached hydrogen (secondary N) is 2. The predicted molar refractivity (Wildman–Crippen MR) is 218 cm³/mol. The summed E-state index contributed by atoms with van der Waals surface area (Å²) in [6.07, 6.45) is 14.8. The molecule has 1 aromatic heterocycles. The lowest BCUT2D eigenvalue weighted by atomic mass is 9.43. The molecular weight excluding hydrogens is 714 g/mol. The molecule has 10 heteroatoms. The first-order valence-electron chi connectivity index (χ1n) is 21.3. The molecule has 4 fully saturated rings. The minimum Gasteiger partial charge on any atom is -0.463 e. The molecule has 11 atom stereocenters. The van der Waals surface area contributed by atoms with Crippen molar-refractivity contribution in [3.8, 4) is 0 Å². The van der Waals surface area contributed by atoms with Gasteiger partial charge >= 0.3 is 17.9 Å². The van der Waals surface area contributed by atoms with Gasteiger partial charge in [-0.15, -0.1) is 0 Å². The number of hydrogen-bond donors (Lipinski definition) is 2. The summed E-state index contributed by atoms with van der Waals surface area (Å²) in [7, 11) is 0. The molecule has 4 aliphatic carbocycles. The van der Waals surface area contributed by atoms with Gasteiger partial charge in [-0.3, -0.25) is 19.4 Å². The Balaban J connectivity index is 0.991. The van der Waals surface area contributed by atoms with Gasteiger partial charge in [0.25, 0.3) is 0 Å². The van der Waals surface area contributed by atoms with E-state index in [0.29, 0.717) is 22.8 Å². The Morgan fingerprint density at radius 2 is 1.58 bits per heavy atom. The number of rotatable bonds is 16. The highest BCUT2D eigenvalue weighted by Crippen LogP contribution is 2.69. The number of nitrogens with zero attached hydrogens (tertiary/aromatic N) is 1. The number of anilines is 1. The minimum atomic E-state index is -0.234. The largest absolute Gasteiger partial charge is 0.463 e. The number of fused-ring (bicyclic) bond motifs is 6. The van der Waals surface area contributed by atoms with Crippen LogP contribution >= 0.6 is 11.6 Å². The SMILES string of the molecule is CC(=O)O[C@@H]1CC[C@@]2(C)[C@@H](C1)C[C@@H](OC(C)=O)[C@@H]1[C@@H]2C[C@H](OC(C)=O)[C@]2(C)[C@@H]([C@H](C)CCCNCCCCCCNc3ccnc4cc(Cl)ccc34)CC[C@@H]12. The van der Waals surface area contributed by atoms with Gasteiger partial charge in [-0.25, -0.2) is 0 Å². The maximum absolute atomic E-state index is 12.7. The fourth-order valence-corrected chi connectivity index (χ4v) is 12.4. The van der Waals surface area contributed by atoms with Crippen LogP contribution in [0, 0.1) is 46.3 Å². The van der Waals surface area contributed by atoms with E-state index in [1.54, 1.807) is 6.92 Å². The summed E-state index contributed by atoms with van der Waals surface area (Å²) in [5, 5.41) is 9.08. The number of aromatic nitrogens is 1. The van der Waals surface area contributed by atoms with Crippen molar-refractivity contribution in [2.45, 2.75) is 143 Å². The van der Waals surface area contributed by atoms with Crippen LogP contribution in [0.25, 0.3) is 10.9 Å². The van der Waals surface area contributed by atoms with Crippen LogP contribution in [0.5, 0.6) is 0 Å². The van der Waals surface area contributed by atoms with Gasteiger partial charge in [0.1, 0.15) is 18.3 Å². The fraction of sp³-hybridized carbons (Fsp3) is 0.733. The second kappa shape index (κ2) is 18.1. The molecule has 0 amide bonds. The van der Waals surface area contributed by atoms with E-state index in [4.69, 9.17) is 25.8 Å². The zero-order valence-corrected chi connectivity index (χ0v) is 34.9. The maximum atomic E-state index is 12.7. The Bertz CT molecular complexity index is 1660. The molecule has 0 spiro atoms. The quantitative estimate of drug-likeness (QED) is 0.0977. The average Bonchev–Trinajstić information content (AvgIpc) is 3.48. The molecule has 0 saturated heterocycles. The number of hydrogen-bond acceptors (Lipinski definition) is 9. The molecule has 55 heavy (non-hydrogen) atoms. The van der Waals surface area contributed by atoms with Crippen molar-refractivity contribution in [2.75, 3.05) is 25.0 Å². The van der Waals surface area contributed by atoms with Gasteiger partial charge in [0.2, 0.25) is 0 Å². The van der Waals surface area contributed by atoms with Crippen LogP contribution in [0.4, 0.5) is 5.69 Å². The Morgan fingerprint density at radius 3 is 2.33 bits per heavy atom. The standard InChI is InChI=1S/C45H66ClN3O6/c1-28(12-11-21-47-20-9-7-8-10-22-48-39-18-23-49-40-26-33(46)13-14-35(39)40)36-15-16-37-43-38(27-42(45(36,37)6)55-31(4)52)44(5)19-17-34(53-29(2)50)24-32(44)25-41(43)54-30(3)51/h13-14,18,23,26,28,32,34,36-38,41-43,47H,7-12,15-17,19-22,24-25,27H2,1-6H3,(H,48,49)/t28-,32+,34-,36-,37+,38+,41-,42+,43+,44+,45-/m1/s1. The Labute approximate surface area is 334 Å². The highest BCUT2D eigenvalue weighted by molar-refractivity contribution is 6.31. The zero-order valence-electron chi connectivity index (χ0n) is 34.2.